The summed E-state index contributed by atoms with van der Waals surface area (Å²) in [4.78, 5) is 38.6. The maximum Gasteiger partial charge on any atom is 0.271 e. The quantitative estimate of drug-likeness (QED) is 0.296. The Hall–Kier alpha value is -2.89. The van der Waals surface area contributed by atoms with Crippen LogP contribution in [-0.2, 0) is 26.2 Å². The number of anilines is 1. The number of halogens is 2. The lowest BCUT2D eigenvalue weighted by Gasteiger charge is -2.33. The van der Waals surface area contributed by atoms with Gasteiger partial charge in [-0.15, -0.1) is 0 Å². The minimum absolute atomic E-state index is 0.0575. The van der Waals surface area contributed by atoms with Gasteiger partial charge < -0.3 is 10.2 Å². The molecule has 202 valence electrons. The summed E-state index contributed by atoms with van der Waals surface area (Å²) in [7, 11) is -4.04. The second-order valence-electron chi connectivity index (χ2n) is 8.51. The molecule has 0 saturated carbocycles. The van der Waals surface area contributed by atoms with Gasteiger partial charge in [0.25, 0.3) is 5.69 Å². The number of carbonyl (C=O) groups is 2. The van der Waals surface area contributed by atoms with Gasteiger partial charge in [-0.3, -0.25) is 24.0 Å². The van der Waals surface area contributed by atoms with E-state index in [0.29, 0.717) is 12.0 Å². The molecule has 2 unspecified atom stereocenters. The summed E-state index contributed by atoms with van der Waals surface area (Å²) in [6.07, 6.45) is 1.79. The summed E-state index contributed by atoms with van der Waals surface area (Å²) < 4.78 is 26.1. The number of nitro benzene ring substituents is 1. The number of amides is 2. The third-order valence-electron chi connectivity index (χ3n) is 5.78. The molecule has 0 aliphatic carbocycles. The molecule has 37 heavy (non-hydrogen) atoms. The van der Waals surface area contributed by atoms with Crippen LogP contribution in [0.15, 0.2) is 42.5 Å². The number of non-ortho nitro benzene ring substituents is 1. The highest BCUT2D eigenvalue weighted by molar-refractivity contribution is 7.92. The fourth-order valence-corrected chi connectivity index (χ4v) is 4.95. The van der Waals surface area contributed by atoms with Gasteiger partial charge in [0.05, 0.1) is 16.9 Å². The molecule has 0 bridgehead atoms. The van der Waals surface area contributed by atoms with E-state index in [4.69, 9.17) is 23.2 Å². The second kappa shape index (κ2) is 13.1. The van der Waals surface area contributed by atoms with Crippen LogP contribution in [0.3, 0.4) is 0 Å². The summed E-state index contributed by atoms with van der Waals surface area (Å²) in [6, 6.07) is 8.67. The zero-order valence-corrected chi connectivity index (χ0v) is 23.3. The number of nitrogens with zero attached hydrogens (tertiary/aromatic N) is 3. The molecule has 0 heterocycles. The summed E-state index contributed by atoms with van der Waals surface area (Å²) in [5.74, 6) is -1.12. The summed E-state index contributed by atoms with van der Waals surface area (Å²) in [5, 5.41) is 14.6. The van der Waals surface area contributed by atoms with Crippen molar-refractivity contribution in [1.82, 2.24) is 10.2 Å². The molecule has 10 nitrogen and oxygen atoms in total. The number of hydrogen-bond donors (Lipinski definition) is 1. The molecule has 0 radical (unpaired) electrons. The lowest BCUT2D eigenvalue weighted by molar-refractivity contribution is -0.384. The molecule has 2 atom stereocenters. The van der Waals surface area contributed by atoms with E-state index < -0.39 is 39.3 Å². The zero-order valence-electron chi connectivity index (χ0n) is 21.0. The first-order chi connectivity index (χ1) is 17.3. The summed E-state index contributed by atoms with van der Waals surface area (Å²) in [6.45, 7) is 4.60. The Morgan fingerprint density at radius 1 is 1.08 bits per heavy atom. The minimum Gasteiger partial charge on any atom is -0.352 e. The van der Waals surface area contributed by atoms with Gasteiger partial charge in [-0.05, 0) is 38.0 Å². The van der Waals surface area contributed by atoms with Crippen LogP contribution in [0.25, 0.3) is 0 Å². The van der Waals surface area contributed by atoms with E-state index in [1.807, 2.05) is 13.8 Å². The standard InChI is InChI=1S/C24H30Cl2N4O6S/c1-5-16(3)27-24(32)22(6-2)28(14-19-20(25)11-8-12-21(19)26)23(31)15-29(37(4,35)36)17-9-7-10-18(13-17)30(33)34/h7-13,16,22H,5-6,14-15H2,1-4H3,(H,27,32). The predicted molar refractivity (Wildman–Crippen MR) is 144 cm³/mol. The second-order valence-corrected chi connectivity index (χ2v) is 11.2. The molecule has 0 saturated heterocycles. The number of benzene rings is 2. The van der Waals surface area contributed by atoms with Gasteiger partial charge >= 0.3 is 0 Å². The van der Waals surface area contributed by atoms with Crippen molar-refractivity contribution in [2.45, 2.75) is 52.2 Å². The first-order valence-corrected chi connectivity index (χ1v) is 14.1. The minimum atomic E-state index is -4.04. The van der Waals surface area contributed by atoms with Crippen LogP contribution in [-0.4, -0.2) is 54.9 Å². The highest BCUT2D eigenvalue weighted by Crippen LogP contribution is 2.28. The van der Waals surface area contributed by atoms with E-state index in [0.717, 1.165) is 16.6 Å². The van der Waals surface area contributed by atoms with Crippen molar-refractivity contribution >= 4 is 56.4 Å². The monoisotopic (exact) mass is 572 g/mol. The number of carbonyl (C=O) groups excluding carboxylic acids is 2. The van der Waals surface area contributed by atoms with Crippen molar-refractivity contribution in [3.8, 4) is 0 Å². The molecule has 0 aromatic heterocycles. The number of rotatable bonds is 12. The molecule has 2 aromatic carbocycles. The van der Waals surface area contributed by atoms with Crippen molar-refractivity contribution in [3.05, 3.63) is 68.2 Å². The SMILES string of the molecule is CCC(C)NC(=O)C(CC)N(Cc1c(Cl)cccc1Cl)C(=O)CN(c1cccc([N+](=O)[O-])c1)S(C)(=O)=O. The first kappa shape index (κ1) is 30.3. The van der Waals surface area contributed by atoms with E-state index in [9.17, 15) is 28.1 Å². The Kier molecular flexibility index (Phi) is 10.7. The van der Waals surface area contributed by atoms with Gasteiger partial charge in [0.2, 0.25) is 21.8 Å². The molecule has 13 heteroatoms. The molecule has 0 aliphatic rings. The molecule has 2 rings (SSSR count). The van der Waals surface area contributed by atoms with Gasteiger partial charge in [-0.1, -0.05) is 49.2 Å². The van der Waals surface area contributed by atoms with Crippen LogP contribution in [0.4, 0.5) is 11.4 Å². The molecular formula is C24H30Cl2N4O6S. The van der Waals surface area contributed by atoms with Gasteiger partial charge in [-0.2, -0.15) is 0 Å². The molecule has 0 aliphatic heterocycles. The number of hydrogen-bond acceptors (Lipinski definition) is 6. The maximum atomic E-state index is 13.7. The molecule has 1 N–H and O–H groups in total. The lowest BCUT2D eigenvalue weighted by atomic mass is 10.1. The Bertz CT molecular complexity index is 1240. The normalized spacial score (nSPS) is 12.9. The van der Waals surface area contributed by atoms with Gasteiger partial charge in [0, 0.05) is 40.3 Å². The zero-order chi connectivity index (χ0) is 27.9. The van der Waals surface area contributed by atoms with E-state index in [2.05, 4.69) is 5.32 Å². The fraction of sp³-hybridized carbons (Fsp3) is 0.417. The Balaban J connectivity index is 2.54. The Morgan fingerprint density at radius 3 is 2.19 bits per heavy atom. The average Bonchev–Trinajstić information content (AvgIpc) is 2.83. The van der Waals surface area contributed by atoms with Crippen molar-refractivity contribution in [3.63, 3.8) is 0 Å². The van der Waals surface area contributed by atoms with E-state index >= 15 is 0 Å². The largest absolute Gasteiger partial charge is 0.352 e. The third kappa shape index (κ3) is 8.05. The smallest absolute Gasteiger partial charge is 0.271 e. The van der Waals surface area contributed by atoms with Gasteiger partial charge in [0.1, 0.15) is 12.6 Å². The van der Waals surface area contributed by atoms with Crippen molar-refractivity contribution in [1.29, 1.82) is 0 Å². The summed E-state index contributed by atoms with van der Waals surface area (Å²) >= 11 is 12.7. The van der Waals surface area contributed by atoms with E-state index in [1.54, 1.807) is 25.1 Å². The van der Waals surface area contributed by atoms with Crippen LogP contribution >= 0.6 is 23.2 Å². The Labute approximate surface area is 226 Å². The van der Waals surface area contributed by atoms with Crippen LogP contribution in [0, 0.1) is 10.1 Å². The van der Waals surface area contributed by atoms with Crippen molar-refractivity contribution < 1.29 is 22.9 Å². The number of sulfonamides is 1. The van der Waals surface area contributed by atoms with Crippen molar-refractivity contribution in [2.24, 2.45) is 0 Å². The number of nitrogens with one attached hydrogen (secondary N) is 1. The van der Waals surface area contributed by atoms with E-state index in [-0.39, 0.29) is 40.4 Å². The fourth-order valence-electron chi connectivity index (χ4n) is 3.59. The lowest BCUT2D eigenvalue weighted by Crippen LogP contribution is -2.53. The van der Waals surface area contributed by atoms with Crippen LogP contribution in [0.5, 0.6) is 0 Å². The van der Waals surface area contributed by atoms with Crippen LogP contribution < -0.4 is 9.62 Å². The molecule has 2 aromatic rings. The van der Waals surface area contributed by atoms with E-state index in [1.165, 1.54) is 23.1 Å². The average molecular weight is 573 g/mol. The third-order valence-corrected chi connectivity index (χ3v) is 7.63. The van der Waals surface area contributed by atoms with Gasteiger partial charge in [0.15, 0.2) is 0 Å². The van der Waals surface area contributed by atoms with Crippen LogP contribution in [0.1, 0.15) is 39.2 Å². The van der Waals surface area contributed by atoms with Crippen LogP contribution in [0.2, 0.25) is 10.0 Å². The summed E-state index contributed by atoms with van der Waals surface area (Å²) in [5.41, 5.74) is 0.00535. The van der Waals surface area contributed by atoms with Crippen molar-refractivity contribution in [2.75, 3.05) is 17.1 Å². The predicted octanol–water partition coefficient (Wildman–Crippen LogP) is 4.39. The molecule has 0 spiro atoms. The maximum absolute atomic E-state index is 13.7. The Morgan fingerprint density at radius 2 is 1.68 bits per heavy atom. The first-order valence-electron chi connectivity index (χ1n) is 11.5. The van der Waals surface area contributed by atoms with Gasteiger partial charge in [-0.25, -0.2) is 8.42 Å². The molecular weight excluding hydrogens is 543 g/mol. The highest BCUT2D eigenvalue weighted by atomic mass is 35.5. The molecule has 0 fully saturated rings. The topological polar surface area (TPSA) is 130 Å². The molecule has 2 amide bonds. The highest BCUT2D eigenvalue weighted by Gasteiger charge is 2.33. The number of nitro groups is 1.